The van der Waals surface area contributed by atoms with Gasteiger partial charge in [0.2, 0.25) is 10.0 Å². The molecule has 0 heterocycles. The Balaban J connectivity index is 2.59. The Labute approximate surface area is 127 Å². The number of amides is 2. The number of carbonyl (C=O) groups excluding carboxylic acids is 1. The van der Waals surface area contributed by atoms with Crippen molar-refractivity contribution in [3.63, 3.8) is 0 Å². The number of aromatic hydroxyl groups is 1. The number of urea groups is 1. The summed E-state index contributed by atoms with van der Waals surface area (Å²) in [5.74, 6) is -0.657. The number of primary sulfonamides is 1. The van der Waals surface area contributed by atoms with Gasteiger partial charge in [0.15, 0.2) is 5.75 Å². The topological polar surface area (TPSA) is 127 Å². The molecular formula is C12H16ClN3O4S. The lowest BCUT2D eigenvalue weighted by Crippen LogP contribution is -2.42. The van der Waals surface area contributed by atoms with E-state index in [1.807, 2.05) is 0 Å². The summed E-state index contributed by atoms with van der Waals surface area (Å²) in [6, 6.07) is 1.68. The summed E-state index contributed by atoms with van der Waals surface area (Å²) < 4.78 is 23.1. The molecule has 2 amide bonds. The van der Waals surface area contributed by atoms with Gasteiger partial charge >= 0.3 is 6.03 Å². The second-order valence-corrected chi connectivity index (χ2v) is 6.84. The second-order valence-electron chi connectivity index (χ2n) is 4.94. The number of anilines is 1. The monoisotopic (exact) mass is 333 g/mol. The number of nitrogens with two attached hydrogens (primary N) is 2. The fourth-order valence-electron chi connectivity index (χ4n) is 2.66. The Morgan fingerprint density at radius 3 is 2.38 bits per heavy atom. The third-order valence-electron chi connectivity index (χ3n) is 3.53. The maximum atomic E-state index is 11.7. The molecule has 116 valence electrons. The van der Waals surface area contributed by atoms with Crippen molar-refractivity contribution in [3.05, 3.63) is 17.2 Å². The van der Waals surface area contributed by atoms with Crippen LogP contribution in [0.4, 0.5) is 10.5 Å². The second kappa shape index (κ2) is 5.70. The molecule has 9 heteroatoms. The van der Waals surface area contributed by atoms with E-state index in [9.17, 15) is 18.3 Å². The van der Waals surface area contributed by atoms with E-state index in [1.54, 1.807) is 0 Å². The first-order valence-electron chi connectivity index (χ1n) is 6.36. The molecule has 0 aromatic heterocycles. The molecule has 1 fully saturated rings. The number of hydrogen-bond acceptors (Lipinski definition) is 4. The van der Waals surface area contributed by atoms with E-state index in [0.29, 0.717) is 0 Å². The van der Waals surface area contributed by atoms with Crippen LogP contribution in [0.3, 0.4) is 0 Å². The van der Waals surface area contributed by atoms with Gasteiger partial charge in [0, 0.05) is 6.04 Å². The number of hydrogen-bond donors (Lipinski definition) is 3. The summed E-state index contributed by atoms with van der Waals surface area (Å²) in [7, 11) is -4.23. The highest BCUT2D eigenvalue weighted by Crippen LogP contribution is 2.40. The highest BCUT2D eigenvalue weighted by molar-refractivity contribution is 7.89. The van der Waals surface area contributed by atoms with Crippen molar-refractivity contribution in [3.8, 4) is 5.75 Å². The summed E-state index contributed by atoms with van der Waals surface area (Å²) in [6.45, 7) is 0. The average Bonchev–Trinajstić information content (AvgIpc) is 2.84. The van der Waals surface area contributed by atoms with Crippen molar-refractivity contribution in [1.82, 2.24) is 0 Å². The predicted octanol–water partition coefficient (Wildman–Crippen LogP) is 1.52. The lowest BCUT2D eigenvalue weighted by molar-refractivity contribution is 0.251. The lowest BCUT2D eigenvalue weighted by Gasteiger charge is -2.28. The van der Waals surface area contributed by atoms with Crippen LogP contribution in [0.5, 0.6) is 5.75 Å². The molecular weight excluding hydrogens is 318 g/mol. The van der Waals surface area contributed by atoms with Crippen LogP contribution in [0, 0.1) is 0 Å². The number of primary amides is 1. The van der Waals surface area contributed by atoms with Gasteiger partial charge in [0.05, 0.1) is 10.7 Å². The smallest absolute Gasteiger partial charge is 0.319 e. The average molecular weight is 334 g/mol. The third kappa shape index (κ3) is 3.07. The lowest BCUT2D eigenvalue weighted by atomic mass is 10.1. The summed E-state index contributed by atoms with van der Waals surface area (Å²) in [5.41, 5.74) is 5.38. The molecule has 1 aliphatic carbocycles. The van der Waals surface area contributed by atoms with Crippen molar-refractivity contribution in [2.75, 3.05) is 4.90 Å². The van der Waals surface area contributed by atoms with Crippen molar-refractivity contribution in [2.45, 2.75) is 36.6 Å². The maximum absolute atomic E-state index is 11.7. The number of halogens is 1. The van der Waals surface area contributed by atoms with Crippen LogP contribution >= 0.6 is 11.6 Å². The maximum Gasteiger partial charge on any atom is 0.319 e. The standard InChI is InChI=1S/C12H16ClN3O4S/c13-8-5-6-9(10(17)11(8)21(15,19)20)16(12(14)18)7-3-1-2-4-7/h5-7,17H,1-4H2,(H2,14,18)(H2,15,19,20). The fourth-order valence-corrected chi connectivity index (χ4v) is 3.85. The highest BCUT2D eigenvalue weighted by atomic mass is 35.5. The minimum Gasteiger partial charge on any atom is -0.504 e. The highest BCUT2D eigenvalue weighted by Gasteiger charge is 2.31. The van der Waals surface area contributed by atoms with E-state index in [1.165, 1.54) is 17.0 Å². The van der Waals surface area contributed by atoms with E-state index in [2.05, 4.69) is 0 Å². The Morgan fingerprint density at radius 1 is 1.33 bits per heavy atom. The molecule has 0 unspecified atom stereocenters. The zero-order valence-corrected chi connectivity index (χ0v) is 12.7. The van der Waals surface area contributed by atoms with Gasteiger partial charge in [-0.05, 0) is 25.0 Å². The summed E-state index contributed by atoms with van der Waals surface area (Å²) in [4.78, 5) is 12.3. The van der Waals surface area contributed by atoms with Gasteiger partial charge in [0.25, 0.3) is 0 Å². The zero-order chi connectivity index (χ0) is 15.8. The van der Waals surface area contributed by atoms with Gasteiger partial charge in [-0.15, -0.1) is 0 Å². The van der Waals surface area contributed by atoms with Gasteiger partial charge in [0.1, 0.15) is 4.90 Å². The number of phenols is 1. The fraction of sp³-hybridized carbons (Fsp3) is 0.417. The van der Waals surface area contributed by atoms with Gasteiger partial charge in [-0.2, -0.15) is 0 Å². The Bertz CT molecular complexity index is 671. The normalized spacial score (nSPS) is 16.1. The Morgan fingerprint density at radius 2 is 1.90 bits per heavy atom. The number of benzene rings is 1. The van der Waals surface area contributed by atoms with Crippen LogP contribution in [0.25, 0.3) is 0 Å². The van der Waals surface area contributed by atoms with Gasteiger partial charge in [-0.1, -0.05) is 24.4 Å². The van der Waals surface area contributed by atoms with E-state index < -0.39 is 26.7 Å². The molecule has 0 radical (unpaired) electrons. The first-order chi connectivity index (χ1) is 9.73. The number of rotatable bonds is 3. The molecule has 2 rings (SSSR count). The van der Waals surface area contributed by atoms with Crippen LogP contribution in [0.1, 0.15) is 25.7 Å². The zero-order valence-electron chi connectivity index (χ0n) is 11.1. The van der Waals surface area contributed by atoms with Crippen molar-refractivity contribution >= 4 is 33.3 Å². The van der Waals surface area contributed by atoms with Crippen molar-refractivity contribution in [2.24, 2.45) is 10.9 Å². The molecule has 1 saturated carbocycles. The molecule has 1 aromatic carbocycles. The molecule has 1 aliphatic rings. The number of phenolic OH excluding ortho intramolecular Hbond substituents is 1. The first kappa shape index (κ1) is 15.9. The van der Waals surface area contributed by atoms with E-state index in [-0.39, 0.29) is 16.8 Å². The van der Waals surface area contributed by atoms with Gasteiger partial charge in [-0.3, -0.25) is 4.90 Å². The Kier molecular flexibility index (Phi) is 4.31. The van der Waals surface area contributed by atoms with Crippen LogP contribution in [-0.2, 0) is 10.0 Å². The summed E-state index contributed by atoms with van der Waals surface area (Å²) >= 11 is 5.78. The molecule has 21 heavy (non-hydrogen) atoms. The molecule has 5 N–H and O–H groups in total. The van der Waals surface area contributed by atoms with E-state index in [4.69, 9.17) is 22.5 Å². The summed E-state index contributed by atoms with van der Waals surface area (Å²) in [5, 5.41) is 15.0. The quantitative estimate of drug-likeness (QED) is 0.774. The predicted molar refractivity (Wildman–Crippen MR) is 78.8 cm³/mol. The van der Waals surface area contributed by atoms with E-state index >= 15 is 0 Å². The van der Waals surface area contributed by atoms with Gasteiger partial charge < -0.3 is 10.8 Å². The number of sulfonamides is 1. The van der Waals surface area contributed by atoms with Crippen LogP contribution in [0.15, 0.2) is 17.0 Å². The largest absolute Gasteiger partial charge is 0.504 e. The number of nitrogens with zero attached hydrogens (tertiary/aromatic N) is 1. The molecule has 0 saturated heterocycles. The SMILES string of the molecule is NC(=O)N(c1ccc(Cl)c(S(N)(=O)=O)c1O)C1CCCC1. The molecule has 1 aromatic rings. The van der Waals surface area contributed by atoms with Gasteiger partial charge in [-0.25, -0.2) is 18.4 Å². The molecule has 0 atom stereocenters. The van der Waals surface area contributed by atoms with Crippen LogP contribution in [-0.4, -0.2) is 25.6 Å². The molecule has 0 bridgehead atoms. The minimum atomic E-state index is -4.23. The molecule has 7 nitrogen and oxygen atoms in total. The molecule has 0 spiro atoms. The van der Waals surface area contributed by atoms with Crippen molar-refractivity contribution < 1.29 is 18.3 Å². The first-order valence-corrected chi connectivity index (χ1v) is 8.29. The van der Waals surface area contributed by atoms with Crippen LogP contribution in [0.2, 0.25) is 5.02 Å². The third-order valence-corrected chi connectivity index (χ3v) is 4.94. The van der Waals surface area contributed by atoms with Crippen LogP contribution < -0.4 is 15.8 Å². The number of carbonyl (C=O) groups is 1. The minimum absolute atomic E-state index is 0.00262. The Hall–Kier alpha value is -1.51. The van der Waals surface area contributed by atoms with Crippen molar-refractivity contribution in [1.29, 1.82) is 0 Å². The van der Waals surface area contributed by atoms with E-state index in [0.717, 1.165) is 25.7 Å². The summed E-state index contributed by atoms with van der Waals surface area (Å²) in [6.07, 6.45) is 3.33. The molecule has 0 aliphatic heterocycles.